The van der Waals surface area contributed by atoms with Crippen LogP contribution in [0, 0.1) is 29.1 Å². The van der Waals surface area contributed by atoms with E-state index in [-0.39, 0.29) is 12.8 Å². The molecule has 10 heteroatoms. The monoisotopic (exact) mass is 432 g/mol. The van der Waals surface area contributed by atoms with E-state index in [0.29, 0.717) is 12.8 Å². The maximum atomic E-state index is 13.4. The highest BCUT2D eigenvalue weighted by Gasteiger charge is 2.25. The number of ether oxygens (including phenoxy) is 1. The standard InChI is InChI=1S/C18H26F5O4P/c19-14-13(15(20)17(22)18(23)16(14)21)12-27-10-8-6-4-2-1-3-5-7-9-11-28(24,25)26/h1-12H2,(H2,24,25,26). The summed E-state index contributed by atoms with van der Waals surface area (Å²) in [6.07, 6.45) is 7.47. The summed E-state index contributed by atoms with van der Waals surface area (Å²) in [5.41, 5.74) is -0.963. The topological polar surface area (TPSA) is 66.8 Å². The average molecular weight is 432 g/mol. The quantitative estimate of drug-likeness (QED) is 0.132. The van der Waals surface area contributed by atoms with E-state index < -0.39 is 48.9 Å². The van der Waals surface area contributed by atoms with Gasteiger partial charge in [-0.1, -0.05) is 44.9 Å². The molecule has 1 rings (SSSR count). The molecule has 0 heterocycles. The zero-order valence-corrected chi connectivity index (χ0v) is 16.4. The summed E-state index contributed by atoms with van der Waals surface area (Å²) in [4.78, 5) is 17.4. The summed E-state index contributed by atoms with van der Waals surface area (Å²) in [5, 5.41) is 0. The first-order valence-corrected chi connectivity index (χ1v) is 11.1. The van der Waals surface area contributed by atoms with Crippen LogP contribution in [0.4, 0.5) is 22.0 Å². The van der Waals surface area contributed by atoms with Crippen LogP contribution < -0.4 is 0 Å². The summed E-state index contributed by atoms with van der Waals surface area (Å²) in [5.74, 6) is -9.85. The molecule has 0 fully saturated rings. The van der Waals surface area contributed by atoms with Crippen LogP contribution in [0.1, 0.15) is 63.4 Å². The van der Waals surface area contributed by atoms with Gasteiger partial charge >= 0.3 is 7.60 Å². The van der Waals surface area contributed by atoms with Gasteiger partial charge in [0, 0.05) is 12.8 Å². The average Bonchev–Trinajstić information content (AvgIpc) is 2.63. The third-order valence-corrected chi connectivity index (χ3v) is 5.18. The Bertz CT molecular complexity index is 637. The van der Waals surface area contributed by atoms with Gasteiger partial charge in [0.1, 0.15) is 0 Å². The van der Waals surface area contributed by atoms with Crippen molar-refractivity contribution in [2.45, 2.75) is 64.4 Å². The molecule has 1 aromatic rings. The summed E-state index contributed by atoms with van der Waals surface area (Å²) >= 11 is 0. The molecule has 0 atom stereocenters. The predicted octanol–water partition coefficient (Wildman–Crippen LogP) is 5.59. The van der Waals surface area contributed by atoms with E-state index in [1.807, 2.05) is 0 Å². The van der Waals surface area contributed by atoms with Gasteiger partial charge < -0.3 is 14.5 Å². The highest BCUT2D eigenvalue weighted by molar-refractivity contribution is 7.51. The lowest BCUT2D eigenvalue weighted by atomic mass is 10.1. The molecule has 4 nitrogen and oxygen atoms in total. The largest absolute Gasteiger partial charge is 0.377 e. The van der Waals surface area contributed by atoms with Crippen LogP contribution >= 0.6 is 7.60 Å². The maximum absolute atomic E-state index is 13.4. The first-order chi connectivity index (χ1) is 13.1. The Labute approximate surface area is 161 Å². The Kier molecular flexibility index (Phi) is 11.2. The molecule has 2 N–H and O–H groups in total. The van der Waals surface area contributed by atoms with E-state index in [1.165, 1.54) is 0 Å². The molecule has 0 aliphatic heterocycles. The van der Waals surface area contributed by atoms with E-state index in [2.05, 4.69) is 0 Å². The normalized spacial score (nSPS) is 12.0. The first-order valence-electron chi connectivity index (χ1n) is 9.27. The number of benzene rings is 1. The van der Waals surface area contributed by atoms with Gasteiger partial charge in [-0.3, -0.25) is 4.57 Å². The van der Waals surface area contributed by atoms with Gasteiger partial charge in [0.25, 0.3) is 0 Å². The molecule has 0 spiro atoms. The SMILES string of the molecule is O=P(O)(O)CCCCCCCCCCCOCc1c(F)c(F)c(F)c(F)c1F. The molecule has 0 amide bonds. The molecule has 0 saturated carbocycles. The molecule has 0 bridgehead atoms. The Morgan fingerprint density at radius 1 is 0.643 bits per heavy atom. The lowest BCUT2D eigenvalue weighted by molar-refractivity contribution is 0.110. The Morgan fingerprint density at radius 3 is 1.50 bits per heavy atom. The lowest BCUT2D eigenvalue weighted by Gasteiger charge is -2.09. The zero-order valence-electron chi connectivity index (χ0n) is 15.5. The molecule has 0 aliphatic rings. The molecule has 0 aliphatic carbocycles. The first kappa shape index (κ1) is 25.0. The van der Waals surface area contributed by atoms with Gasteiger partial charge in [0.15, 0.2) is 23.3 Å². The van der Waals surface area contributed by atoms with Gasteiger partial charge in [-0.25, -0.2) is 22.0 Å². The summed E-state index contributed by atoms with van der Waals surface area (Å²) in [6, 6.07) is 0. The maximum Gasteiger partial charge on any atom is 0.325 e. The van der Waals surface area contributed by atoms with Crippen molar-refractivity contribution in [3.8, 4) is 0 Å². The van der Waals surface area contributed by atoms with Crippen molar-refractivity contribution in [2.75, 3.05) is 12.8 Å². The molecular weight excluding hydrogens is 406 g/mol. The number of hydrogen-bond acceptors (Lipinski definition) is 2. The highest BCUT2D eigenvalue weighted by atomic mass is 31.2. The minimum absolute atomic E-state index is 0.0714. The molecule has 0 aromatic heterocycles. The highest BCUT2D eigenvalue weighted by Crippen LogP contribution is 2.35. The van der Waals surface area contributed by atoms with Crippen molar-refractivity contribution in [1.29, 1.82) is 0 Å². The van der Waals surface area contributed by atoms with Crippen LogP contribution in [0.3, 0.4) is 0 Å². The summed E-state index contributed by atoms with van der Waals surface area (Å²) < 4.78 is 81.6. The van der Waals surface area contributed by atoms with Crippen molar-refractivity contribution in [3.63, 3.8) is 0 Å². The number of hydrogen-bond donors (Lipinski definition) is 2. The van der Waals surface area contributed by atoms with Crippen LogP contribution in [0.5, 0.6) is 0 Å². The van der Waals surface area contributed by atoms with Crippen LogP contribution in [-0.4, -0.2) is 22.6 Å². The lowest BCUT2D eigenvalue weighted by Crippen LogP contribution is -2.09. The predicted molar refractivity (Wildman–Crippen MR) is 94.4 cm³/mol. The van der Waals surface area contributed by atoms with Crippen molar-refractivity contribution < 1.29 is 41.0 Å². The van der Waals surface area contributed by atoms with Crippen LogP contribution in [0.25, 0.3) is 0 Å². The smallest absolute Gasteiger partial charge is 0.325 e. The Balaban J connectivity index is 2.07. The van der Waals surface area contributed by atoms with Crippen molar-refractivity contribution in [3.05, 3.63) is 34.6 Å². The molecular formula is C18H26F5O4P. The van der Waals surface area contributed by atoms with Crippen LogP contribution in [-0.2, 0) is 15.9 Å². The number of unbranched alkanes of at least 4 members (excludes halogenated alkanes) is 8. The molecule has 162 valence electrons. The van der Waals surface area contributed by atoms with E-state index in [9.17, 15) is 26.5 Å². The molecule has 0 radical (unpaired) electrons. The third-order valence-electron chi connectivity index (χ3n) is 4.29. The van der Waals surface area contributed by atoms with E-state index in [1.54, 1.807) is 0 Å². The number of rotatable bonds is 14. The Morgan fingerprint density at radius 2 is 1.04 bits per heavy atom. The summed E-state index contributed by atoms with van der Waals surface area (Å²) in [6.45, 7) is -0.526. The van der Waals surface area contributed by atoms with E-state index in [4.69, 9.17) is 14.5 Å². The van der Waals surface area contributed by atoms with Crippen molar-refractivity contribution >= 4 is 7.60 Å². The second kappa shape index (κ2) is 12.5. The van der Waals surface area contributed by atoms with Gasteiger partial charge in [-0.15, -0.1) is 0 Å². The number of halogens is 5. The minimum atomic E-state index is -3.89. The van der Waals surface area contributed by atoms with Gasteiger partial charge in [-0.2, -0.15) is 0 Å². The molecule has 0 saturated heterocycles. The van der Waals surface area contributed by atoms with E-state index in [0.717, 1.165) is 44.9 Å². The van der Waals surface area contributed by atoms with Gasteiger partial charge in [-0.05, 0) is 12.8 Å². The second-order valence-electron chi connectivity index (χ2n) is 6.67. The Hall–Kier alpha value is -1.02. The van der Waals surface area contributed by atoms with Gasteiger partial charge in [0.2, 0.25) is 5.82 Å². The zero-order chi connectivity index (χ0) is 21.2. The van der Waals surface area contributed by atoms with E-state index >= 15 is 0 Å². The second-order valence-corrected chi connectivity index (χ2v) is 8.45. The molecule has 28 heavy (non-hydrogen) atoms. The fourth-order valence-electron chi connectivity index (χ4n) is 2.71. The molecule has 1 aromatic carbocycles. The fourth-order valence-corrected chi connectivity index (χ4v) is 3.35. The van der Waals surface area contributed by atoms with Crippen molar-refractivity contribution in [2.24, 2.45) is 0 Å². The third kappa shape index (κ3) is 8.99. The van der Waals surface area contributed by atoms with Crippen molar-refractivity contribution in [1.82, 2.24) is 0 Å². The van der Waals surface area contributed by atoms with Crippen LogP contribution in [0.15, 0.2) is 0 Å². The minimum Gasteiger partial charge on any atom is -0.377 e. The summed E-state index contributed by atoms with van der Waals surface area (Å²) in [7, 11) is -3.89. The fraction of sp³-hybridized carbons (Fsp3) is 0.667. The molecule has 0 unspecified atom stereocenters. The van der Waals surface area contributed by atoms with Crippen LogP contribution in [0.2, 0.25) is 0 Å². The van der Waals surface area contributed by atoms with Gasteiger partial charge in [0.05, 0.1) is 12.2 Å².